The molecule has 1 aromatic carbocycles. The van der Waals surface area contributed by atoms with Crippen LogP contribution < -0.4 is 5.32 Å². The van der Waals surface area contributed by atoms with Crippen LogP contribution >= 0.6 is 15.9 Å². The Morgan fingerprint density at radius 1 is 1.55 bits per heavy atom. The molecule has 2 aromatic rings. The number of rotatable bonds is 4. The van der Waals surface area contributed by atoms with Crippen LogP contribution in [0.2, 0.25) is 0 Å². The number of anilines is 1. The van der Waals surface area contributed by atoms with Crippen molar-refractivity contribution in [3.8, 4) is 6.07 Å². The van der Waals surface area contributed by atoms with Crippen LogP contribution in [0.3, 0.4) is 0 Å². The average Bonchev–Trinajstić information content (AvgIpc) is 2.95. The number of hydrogen-bond acceptors (Lipinski definition) is 6. The molecule has 1 aromatic heterocycles. The van der Waals surface area contributed by atoms with Crippen molar-refractivity contribution in [3.05, 3.63) is 40.3 Å². The van der Waals surface area contributed by atoms with Crippen LogP contribution in [0.1, 0.15) is 16.2 Å². The summed E-state index contributed by atoms with van der Waals surface area (Å²) in [5, 5.41) is 33.8. The van der Waals surface area contributed by atoms with E-state index in [1.54, 1.807) is 12.1 Å². The lowest BCUT2D eigenvalue weighted by atomic mass is 10.2. The average molecular weight is 335 g/mol. The highest BCUT2D eigenvalue weighted by Gasteiger charge is 2.11. The number of H-pyrrole nitrogens is 1. The Labute approximate surface area is 121 Å². The second-order valence-electron chi connectivity index (χ2n) is 3.52. The number of aromatic amines is 1. The summed E-state index contributed by atoms with van der Waals surface area (Å²) in [7, 11) is 0. The minimum atomic E-state index is -1.05. The highest BCUT2D eigenvalue weighted by molar-refractivity contribution is 9.10. The van der Waals surface area contributed by atoms with Crippen molar-refractivity contribution in [2.75, 3.05) is 5.32 Å². The standard InChI is InChI=1S/C11H7BrN6O2/c12-9-7(11(19)20)2-1-3-8(9)14-5-6(4-13)10-15-17-18-16-10/h1-3,5,14H,(H,19,20)(H,15,16,17,18). The molecule has 3 N–H and O–H groups in total. The summed E-state index contributed by atoms with van der Waals surface area (Å²) in [6.45, 7) is 0. The van der Waals surface area contributed by atoms with Crippen LogP contribution in [-0.2, 0) is 0 Å². The summed E-state index contributed by atoms with van der Waals surface area (Å²) in [6.07, 6.45) is 1.37. The normalized spacial score (nSPS) is 10.9. The van der Waals surface area contributed by atoms with Gasteiger partial charge >= 0.3 is 5.97 Å². The molecule has 0 fully saturated rings. The molecule has 0 saturated heterocycles. The zero-order chi connectivity index (χ0) is 14.5. The van der Waals surface area contributed by atoms with Gasteiger partial charge in [-0.2, -0.15) is 10.5 Å². The topological polar surface area (TPSA) is 128 Å². The number of aromatic nitrogens is 4. The number of halogens is 1. The third kappa shape index (κ3) is 2.81. The summed E-state index contributed by atoms with van der Waals surface area (Å²) in [6, 6.07) is 6.63. The molecule has 0 spiro atoms. The Bertz CT molecular complexity index is 704. The Morgan fingerprint density at radius 2 is 2.35 bits per heavy atom. The maximum Gasteiger partial charge on any atom is 0.336 e. The Hall–Kier alpha value is -2.73. The number of nitrogens with zero attached hydrogens (tertiary/aromatic N) is 4. The van der Waals surface area contributed by atoms with Crippen LogP contribution in [0, 0.1) is 11.3 Å². The molecule has 0 aliphatic carbocycles. The van der Waals surface area contributed by atoms with Gasteiger partial charge in [-0.25, -0.2) is 4.79 Å². The SMILES string of the molecule is N#CC(=CNc1cccc(C(=O)O)c1Br)c1nn[nH]n1. The Morgan fingerprint density at radius 3 is 2.95 bits per heavy atom. The summed E-state index contributed by atoms with van der Waals surface area (Å²) in [5.41, 5.74) is 0.772. The molecule has 9 heteroatoms. The van der Waals surface area contributed by atoms with E-state index in [1.165, 1.54) is 12.3 Å². The fourth-order valence-corrected chi connectivity index (χ4v) is 1.93. The third-order valence-electron chi connectivity index (χ3n) is 2.31. The van der Waals surface area contributed by atoms with E-state index >= 15 is 0 Å². The minimum absolute atomic E-state index is 0.112. The van der Waals surface area contributed by atoms with Gasteiger partial charge in [0.2, 0.25) is 5.82 Å². The van der Waals surface area contributed by atoms with Gasteiger partial charge in [-0.05, 0) is 33.3 Å². The second-order valence-corrected chi connectivity index (χ2v) is 4.31. The molecule has 0 amide bonds. The molecule has 0 saturated carbocycles. The highest BCUT2D eigenvalue weighted by Crippen LogP contribution is 2.26. The van der Waals surface area contributed by atoms with Crippen molar-refractivity contribution in [2.45, 2.75) is 0 Å². The number of carboxylic acids is 1. The van der Waals surface area contributed by atoms with E-state index in [0.29, 0.717) is 10.2 Å². The van der Waals surface area contributed by atoms with E-state index in [9.17, 15) is 4.79 Å². The number of carbonyl (C=O) groups is 1. The smallest absolute Gasteiger partial charge is 0.336 e. The van der Waals surface area contributed by atoms with Gasteiger partial charge in [0, 0.05) is 6.20 Å². The van der Waals surface area contributed by atoms with Gasteiger partial charge < -0.3 is 10.4 Å². The van der Waals surface area contributed by atoms with E-state index in [2.05, 4.69) is 41.9 Å². The van der Waals surface area contributed by atoms with Crippen LogP contribution in [0.4, 0.5) is 5.69 Å². The number of allylic oxidation sites excluding steroid dienone is 1. The molecule has 0 aliphatic heterocycles. The molecule has 0 atom stereocenters. The van der Waals surface area contributed by atoms with Gasteiger partial charge in [0.1, 0.15) is 11.6 Å². The zero-order valence-electron chi connectivity index (χ0n) is 9.83. The van der Waals surface area contributed by atoms with Gasteiger partial charge in [-0.3, -0.25) is 0 Å². The van der Waals surface area contributed by atoms with Crippen LogP contribution in [0.15, 0.2) is 28.9 Å². The second kappa shape index (κ2) is 5.94. The molecule has 0 bridgehead atoms. The molecule has 1 heterocycles. The lowest BCUT2D eigenvalue weighted by molar-refractivity contribution is 0.0696. The summed E-state index contributed by atoms with van der Waals surface area (Å²) >= 11 is 3.20. The fraction of sp³-hybridized carbons (Fsp3) is 0. The molecular weight excluding hydrogens is 328 g/mol. The van der Waals surface area contributed by atoms with E-state index in [0.717, 1.165) is 0 Å². The van der Waals surface area contributed by atoms with Crippen molar-refractivity contribution in [2.24, 2.45) is 0 Å². The third-order valence-corrected chi connectivity index (χ3v) is 3.16. The predicted molar refractivity (Wildman–Crippen MR) is 72.5 cm³/mol. The lowest BCUT2D eigenvalue weighted by Gasteiger charge is -2.06. The maximum absolute atomic E-state index is 11.0. The number of carboxylic acid groups (broad SMARTS) is 1. The Balaban J connectivity index is 2.29. The number of aromatic carboxylic acids is 1. The quantitative estimate of drug-likeness (QED) is 0.725. The van der Waals surface area contributed by atoms with Crippen molar-refractivity contribution in [3.63, 3.8) is 0 Å². The summed E-state index contributed by atoms with van der Waals surface area (Å²) < 4.78 is 0.383. The molecule has 0 radical (unpaired) electrons. The van der Waals surface area contributed by atoms with Crippen LogP contribution in [-0.4, -0.2) is 31.7 Å². The summed E-state index contributed by atoms with van der Waals surface area (Å²) in [4.78, 5) is 11.0. The highest BCUT2D eigenvalue weighted by atomic mass is 79.9. The molecule has 0 unspecified atom stereocenters. The van der Waals surface area contributed by atoms with Crippen molar-refractivity contribution in [1.29, 1.82) is 5.26 Å². The summed E-state index contributed by atoms with van der Waals surface area (Å²) in [5.74, 6) is -0.909. The first-order chi connectivity index (χ1) is 9.63. The van der Waals surface area contributed by atoms with E-state index in [4.69, 9.17) is 10.4 Å². The zero-order valence-corrected chi connectivity index (χ0v) is 11.4. The van der Waals surface area contributed by atoms with E-state index in [1.807, 2.05) is 6.07 Å². The van der Waals surface area contributed by atoms with Gasteiger partial charge in [-0.15, -0.1) is 10.2 Å². The number of nitrogens with one attached hydrogen (secondary N) is 2. The van der Waals surface area contributed by atoms with Gasteiger partial charge in [-0.1, -0.05) is 6.07 Å². The van der Waals surface area contributed by atoms with Gasteiger partial charge in [0.25, 0.3) is 0 Å². The van der Waals surface area contributed by atoms with E-state index in [-0.39, 0.29) is 17.0 Å². The molecule has 8 nitrogen and oxygen atoms in total. The van der Waals surface area contributed by atoms with Crippen LogP contribution in [0.5, 0.6) is 0 Å². The first-order valence-electron chi connectivity index (χ1n) is 5.26. The maximum atomic E-state index is 11.0. The van der Waals surface area contributed by atoms with Gasteiger partial charge in [0.05, 0.1) is 15.7 Å². The molecule has 2 rings (SSSR count). The molecule has 100 valence electrons. The van der Waals surface area contributed by atoms with Gasteiger partial charge in [0.15, 0.2) is 0 Å². The predicted octanol–water partition coefficient (Wildman–Crippen LogP) is 1.64. The van der Waals surface area contributed by atoms with Crippen molar-refractivity contribution < 1.29 is 9.90 Å². The molecular formula is C11H7BrN6O2. The monoisotopic (exact) mass is 334 g/mol. The van der Waals surface area contributed by atoms with Crippen molar-refractivity contribution >= 4 is 33.2 Å². The number of benzene rings is 1. The molecule has 0 aliphatic rings. The Kier molecular flexibility index (Phi) is 4.07. The van der Waals surface area contributed by atoms with Crippen LogP contribution in [0.25, 0.3) is 5.57 Å². The van der Waals surface area contributed by atoms with E-state index < -0.39 is 5.97 Å². The first-order valence-corrected chi connectivity index (χ1v) is 6.05. The minimum Gasteiger partial charge on any atom is -0.478 e. The number of tetrazole rings is 1. The first kappa shape index (κ1) is 13.7. The number of hydrogen-bond donors (Lipinski definition) is 3. The largest absolute Gasteiger partial charge is 0.478 e. The fourth-order valence-electron chi connectivity index (χ4n) is 1.38. The van der Waals surface area contributed by atoms with Crippen molar-refractivity contribution in [1.82, 2.24) is 20.6 Å². The molecule has 20 heavy (non-hydrogen) atoms. The lowest BCUT2D eigenvalue weighted by Crippen LogP contribution is -2.00. The number of nitriles is 1.